The van der Waals surface area contributed by atoms with Crippen LogP contribution in [-0.4, -0.2) is 29.1 Å². The van der Waals surface area contributed by atoms with Gasteiger partial charge in [-0.15, -0.1) is 0 Å². The second-order valence-corrected chi connectivity index (χ2v) is 2.96. The third-order valence-electron chi connectivity index (χ3n) is 1.67. The molecule has 0 aliphatic heterocycles. The van der Waals surface area contributed by atoms with Gasteiger partial charge in [-0.25, -0.2) is 0 Å². The van der Waals surface area contributed by atoms with Gasteiger partial charge in [-0.05, 0) is 13.3 Å². The Kier molecular flexibility index (Phi) is 5.06. The number of carboxylic acids is 1. The molecule has 0 aromatic carbocycles. The van der Waals surface area contributed by atoms with Gasteiger partial charge in [-0.3, -0.25) is 9.59 Å². The molecule has 76 valence electrons. The Morgan fingerprint density at radius 1 is 1.54 bits per heavy atom. The van der Waals surface area contributed by atoms with E-state index in [0.717, 1.165) is 6.42 Å². The quantitative estimate of drug-likeness (QED) is 0.552. The van der Waals surface area contributed by atoms with E-state index in [-0.39, 0.29) is 0 Å². The van der Waals surface area contributed by atoms with Crippen LogP contribution >= 0.6 is 0 Å². The van der Waals surface area contributed by atoms with Crippen molar-refractivity contribution < 1.29 is 14.7 Å². The summed E-state index contributed by atoms with van der Waals surface area (Å²) < 4.78 is 0. The second-order valence-electron chi connectivity index (χ2n) is 2.96. The zero-order chi connectivity index (χ0) is 10.4. The van der Waals surface area contributed by atoms with Gasteiger partial charge < -0.3 is 16.2 Å². The van der Waals surface area contributed by atoms with Crippen molar-refractivity contribution >= 4 is 11.9 Å². The van der Waals surface area contributed by atoms with Gasteiger partial charge in [0, 0.05) is 0 Å². The van der Waals surface area contributed by atoms with Crippen molar-refractivity contribution in [3.8, 4) is 0 Å². The van der Waals surface area contributed by atoms with E-state index in [4.69, 9.17) is 10.8 Å². The minimum Gasteiger partial charge on any atom is -0.480 e. The molecule has 0 heterocycles. The van der Waals surface area contributed by atoms with Crippen LogP contribution in [0.5, 0.6) is 0 Å². The van der Waals surface area contributed by atoms with E-state index in [0.29, 0.717) is 6.42 Å². The van der Waals surface area contributed by atoms with Crippen molar-refractivity contribution in [1.82, 2.24) is 5.32 Å². The monoisotopic (exact) mass is 188 g/mol. The Morgan fingerprint density at radius 2 is 2.08 bits per heavy atom. The standard InChI is InChI=1S/C8H16N2O3/c1-3-4-6(9)7(11)10-5(2)8(12)13/h5-6H,3-4,9H2,1-2H3,(H,10,11)(H,12,13)/t5?,6-/m1/s1. The average Bonchev–Trinajstić information content (AvgIpc) is 2.04. The number of carbonyl (C=O) groups is 2. The molecule has 0 saturated heterocycles. The van der Waals surface area contributed by atoms with Crippen LogP contribution < -0.4 is 11.1 Å². The molecular formula is C8H16N2O3. The number of aliphatic carboxylic acids is 1. The van der Waals surface area contributed by atoms with E-state index in [1.807, 2.05) is 6.92 Å². The summed E-state index contributed by atoms with van der Waals surface area (Å²) in [6.07, 6.45) is 1.37. The molecule has 5 heteroatoms. The fourth-order valence-corrected chi connectivity index (χ4v) is 0.824. The molecule has 0 saturated carbocycles. The Labute approximate surface area is 77.3 Å². The zero-order valence-corrected chi connectivity index (χ0v) is 7.91. The summed E-state index contributed by atoms with van der Waals surface area (Å²) in [5.74, 6) is -1.46. The Bertz CT molecular complexity index is 194. The van der Waals surface area contributed by atoms with Gasteiger partial charge in [-0.1, -0.05) is 13.3 Å². The third-order valence-corrected chi connectivity index (χ3v) is 1.67. The van der Waals surface area contributed by atoms with Gasteiger partial charge in [-0.2, -0.15) is 0 Å². The molecule has 0 radical (unpaired) electrons. The number of hydrogen-bond donors (Lipinski definition) is 3. The van der Waals surface area contributed by atoms with Gasteiger partial charge in [0.2, 0.25) is 5.91 Å². The van der Waals surface area contributed by atoms with E-state index >= 15 is 0 Å². The van der Waals surface area contributed by atoms with Crippen molar-refractivity contribution in [2.24, 2.45) is 5.73 Å². The van der Waals surface area contributed by atoms with Crippen LogP contribution in [-0.2, 0) is 9.59 Å². The highest BCUT2D eigenvalue weighted by Gasteiger charge is 2.18. The normalized spacial score (nSPS) is 14.7. The van der Waals surface area contributed by atoms with Gasteiger partial charge in [0.25, 0.3) is 0 Å². The lowest BCUT2D eigenvalue weighted by molar-refractivity contribution is -0.141. The van der Waals surface area contributed by atoms with E-state index in [1.165, 1.54) is 6.92 Å². The lowest BCUT2D eigenvalue weighted by Crippen LogP contribution is -2.47. The number of nitrogens with one attached hydrogen (secondary N) is 1. The molecule has 1 unspecified atom stereocenters. The Hall–Kier alpha value is -1.10. The van der Waals surface area contributed by atoms with Crippen molar-refractivity contribution in [3.05, 3.63) is 0 Å². The van der Waals surface area contributed by atoms with Gasteiger partial charge in [0.15, 0.2) is 0 Å². The number of carbonyl (C=O) groups excluding carboxylic acids is 1. The molecule has 0 rings (SSSR count). The van der Waals surface area contributed by atoms with Crippen molar-refractivity contribution in [2.75, 3.05) is 0 Å². The third kappa shape index (κ3) is 4.47. The number of rotatable bonds is 5. The molecule has 2 atom stereocenters. The van der Waals surface area contributed by atoms with Gasteiger partial charge in [0.1, 0.15) is 6.04 Å². The predicted molar refractivity (Wildman–Crippen MR) is 48.1 cm³/mol. The summed E-state index contributed by atoms with van der Waals surface area (Å²) >= 11 is 0. The average molecular weight is 188 g/mol. The highest BCUT2D eigenvalue weighted by atomic mass is 16.4. The van der Waals surface area contributed by atoms with E-state index in [2.05, 4.69) is 5.32 Å². The van der Waals surface area contributed by atoms with E-state index < -0.39 is 24.0 Å². The van der Waals surface area contributed by atoms with Crippen LogP contribution in [0.2, 0.25) is 0 Å². The lowest BCUT2D eigenvalue weighted by Gasteiger charge is -2.13. The molecule has 0 fully saturated rings. The fraction of sp³-hybridized carbons (Fsp3) is 0.750. The Morgan fingerprint density at radius 3 is 2.46 bits per heavy atom. The van der Waals surface area contributed by atoms with Crippen molar-refractivity contribution in [1.29, 1.82) is 0 Å². The van der Waals surface area contributed by atoms with Crippen LogP contribution in [0.4, 0.5) is 0 Å². The first-order valence-corrected chi connectivity index (χ1v) is 4.27. The Balaban J connectivity index is 3.92. The smallest absolute Gasteiger partial charge is 0.325 e. The first kappa shape index (κ1) is 11.9. The van der Waals surface area contributed by atoms with E-state index in [1.54, 1.807) is 0 Å². The molecule has 0 bridgehead atoms. The summed E-state index contributed by atoms with van der Waals surface area (Å²) in [5, 5.41) is 10.8. The molecule has 0 spiro atoms. The molecule has 0 aromatic rings. The highest BCUT2D eigenvalue weighted by molar-refractivity contribution is 5.86. The molecule has 0 aromatic heterocycles. The van der Waals surface area contributed by atoms with Gasteiger partial charge in [0.05, 0.1) is 6.04 Å². The van der Waals surface area contributed by atoms with Crippen LogP contribution in [0.15, 0.2) is 0 Å². The predicted octanol–water partition coefficient (Wildman–Crippen LogP) is -0.297. The van der Waals surface area contributed by atoms with Crippen LogP contribution in [0, 0.1) is 0 Å². The topological polar surface area (TPSA) is 92.4 Å². The van der Waals surface area contributed by atoms with Crippen LogP contribution in [0.25, 0.3) is 0 Å². The summed E-state index contributed by atoms with van der Waals surface area (Å²) in [7, 11) is 0. The first-order valence-electron chi connectivity index (χ1n) is 4.27. The molecule has 1 amide bonds. The van der Waals surface area contributed by atoms with Crippen molar-refractivity contribution in [3.63, 3.8) is 0 Å². The second kappa shape index (κ2) is 5.53. The molecule has 0 aliphatic rings. The molecule has 0 aliphatic carbocycles. The first-order chi connectivity index (χ1) is 5.99. The summed E-state index contributed by atoms with van der Waals surface area (Å²) in [5.41, 5.74) is 5.47. The summed E-state index contributed by atoms with van der Waals surface area (Å²) in [4.78, 5) is 21.5. The van der Waals surface area contributed by atoms with Crippen molar-refractivity contribution in [2.45, 2.75) is 38.8 Å². The SMILES string of the molecule is CCC[C@@H](N)C(=O)NC(C)C(=O)O. The van der Waals surface area contributed by atoms with Crippen LogP contribution in [0.1, 0.15) is 26.7 Å². The fourth-order valence-electron chi connectivity index (χ4n) is 0.824. The number of hydrogen-bond acceptors (Lipinski definition) is 3. The number of amides is 1. The maximum Gasteiger partial charge on any atom is 0.325 e. The molecule has 4 N–H and O–H groups in total. The zero-order valence-electron chi connectivity index (χ0n) is 7.91. The van der Waals surface area contributed by atoms with E-state index in [9.17, 15) is 9.59 Å². The number of nitrogens with two attached hydrogens (primary N) is 1. The lowest BCUT2D eigenvalue weighted by atomic mass is 10.1. The summed E-state index contributed by atoms with van der Waals surface area (Å²) in [6, 6.07) is -1.48. The summed E-state index contributed by atoms with van der Waals surface area (Å²) in [6.45, 7) is 3.31. The minimum atomic E-state index is -1.06. The molecule has 5 nitrogen and oxygen atoms in total. The minimum absolute atomic E-state index is 0.406. The number of carboxylic acid groups (broad SMARTS) is 1. The van der Waals surface area contributed by atoms with Gasteiger partial charge >= 0.3 is 5.97 Å². The maximum atomic E-state index is 11.1. The molecular weight excluding hydrogens is 172 g/mol. The largest absolute Gasteiger partial charge is 0.480 e. The van der Waals surface area contributed by atoms with Crippen LogP contribution in [0.3, 0.4) is 0 Å². The highest BCUT2D eigenvalue weighted by Crippen LogP contribution is 1.93. The molecule has 13 heavy (non-hydrogen) atoms. The maximum absolute atomic E-state index is 11.1.